The van der Waals surface area contributed by atoms with E-state index < -0.39 is 4.87 Å². The van der Waals surface area contributed by atoms with Crippen LogP contribution in [0.3, 0.4) is 0 Å². The molecule has 1 saturated heterocycles. The number of aryl methyl sites for hydroxylation is 3. The highest BCUT2D eigenvalue weighted by Gasteiger charge is 2.59. The lowest BCUT2D eigenvalue weighted by atomic mass is 10.0. The molecule has 0 radical (unpaired) electrons. The predicted molar refractivity (Wildman–Crippen MR) is 130 cm³/mol. The lowest BCUT2D eigenvalue weighted by Crippen LogP contribution is -2.50. The maximum Gasteiger partial charge on any atom is 0.268 e. The fourth-order valence-electron chi connectivity index (χ4n) is 4.61. The number of anilines is 1. The van der Waals surface area contributed by atoms with Crippen molar-refractivity contribution in [1.29, 1.82) is 0 Å². The number of fused-ring (bicyclic) bond motifs is 2. The Labute approximate surface area is 193 Å². The molecule has 162 valence electrons. The molecular weight excluding hydrogens is 416 g/mol. The molecule has 0 aromatic heterocycles. The molecule has 2 amide bonds. The third-order valence-corrected chi connectivity index (χ3v) is 7.77. The fraction of sp³-hybridized carbons (Fsp3) is 0.259. The Balaban J connectivity index is 1.58. The van der Waals surface area contributed by atoms with Gasteiger partial charge in [0.15, 0.2) is 4.87 Å². The second kappa shape index (κ2) is 7.82. The van der Waals surface area contributed by atoms with E-state index in [4.69, 9.17) is 0 Å². The largest absolute Gasteiger partial charge is 0.311 e. The maximum atomic E-state index is 14.1. The van der Waals surface area contributed by atoms with Gasteiger partial charge in [0.2, 0.25) is 0 Å². The van der Waals surface area contributed by atoms with Gasteiger partial charge in [-0.3, -0.25) is 9.59 Å². The van der Waals surface area contributed by atoms with Gasteiger partial charge in [-0.05, 0) is 44.5 Å². The maximum absolute atomic E-state index is 14.1. The Morgan fingerprint density at radius 1 is 0.906 bits per heavy atom. The molecule has 1 fully saturated rings. The summed E-state index contributed by atoms with van der Waals surface area (Å²) in [7, 11) is 0. The van der Waals surface area contributed by atoms with Gasteiger partial charge < -0.3 is 9.80 Å². The van der Waals surface area contributed by atoms with E-state index in [1.807, 2.05) is 55.1 Å². The summed E-state index contributed by atoms with van der Waals surface area (Å²) in [6, 6.07) is 22.0. The van der Waals surface area contributed by atoms with Crippen molar-refractivity contribution in [1.82, 2.24) is 4.90 Å². The number of amides is 2. The summed E-state index contributed by atoms with van der Waals surface area (Å²) in [4.78, 5) is 30.3. The minimum absolute atomic E-state index is 0.0263. The molecule has 4 nitrogen and oxygen atoms in total. The van der Waals surface area contributed by atoms with Crippen LogP contribution in [0, 0.1) is 20.8 Å². The zero-order chi connectivity index (χ0) is 22.5. The van der Waals surface area contributed by atoms with Crippen molar-refractivity contribution in [2.45, 2.75) is 32.2 Å². The fourth-order valence-corrected chi connectivity index (χ4v) is 6.07. The molecule has 5 heteroatoms. The van der Waals surface area contributed by atoms with E-state index >= 15 is 0 Å². The molecule has 2 aliphatic rings. The number of hydrogen-bond acceptors (Lipinski definition) is 3. The normalized spacial score (nSPS) is 19.7. The SMILES string of the molecule is Cc1ccc(CN2C(=O)[C@]3(SCCN3C(=O)c3ccc(C)cc3)c3cc(C)ccc32)cc1. The molecular formula is C27H26N2O2S. The van der Waals surface area contributed by atoms with Gasteiger partial charge in [0.05, 0.1) is 12.2 Å². The van der Waals surface area contributed by atoms with Crippen LogP contribution in [-0.2, 0) is 16.2 Å². The van der Waals surface area contributed by atoms with Crippen LogP contribution in [-0.4, -0.2) is 29.0 Å². The second-order valence-corrected chi connectivity index (χ2v) is 10.0. The smallest absolute Gasteiger partial charge is 0.268 e. The zero-order valence-electron chi connectivity index (χ0n) is 18.6. The number of rotatable bonds is 3. The molecule has 2 heterocycles. The van der Waals surface area contributed by atoms with Crippen LogP contribution in [0.1, 0.15) is 38.2 Å². The monoisotopic (exact) mass is 442 g/mol. The molecule has 3 aromatic rings. The van der Waals surface area contributed by atoms with E-state index in [1.165, 1.54) is 5.56 Å². The van der Waals surface area contributed by atoms with Crippen molar-refractivity contribution >= 4 is 29.3 Å². The topological polar surface area (TPSA) is 40.6 Å². The summed E-state index contributed by atoms with van der Waals surface area (Å²) in [5, 5.41) is 0. The van der Waals surface area contributed by atoms with Gasteiger partial charge in [-0.1, -0.05) is 65.2 Å². The van der Waals surface area contributed by atoms with Crippen LogP contribution in [0.4, 0.5) is 5.69 Å². The van der Waals surface area contributed by atoms with Crippen LogP contribution in [0.25, 0.3) is 0 Å². The predicted octanol–water partition coefficient (Wildman–Crippen LogP) is 5.20. The van der Waals surface area contributed by atoms with Gasteiger partial charge in [0, 0.05) is 23.4 Å². The molecule has 1 spiro atoms. The van der Waals surface area contributed by atoms with Crippen LogP contribution in [0.5, 0.6) is 0 Å². The summed E-state index contributed by atoms with van der Waals surface area (Å²) in [6.07, 6.45) is 0. The molecule has 2 aliphatic heterocycles. The van der Waals surface area contributed by atoms with Crippen molar-refractivity contribution in [2.24, 2.45) is 0 Å². The van der Waals surface area contributed by atoms with Crippen LogP contribution in [0.2, 0.25) is 0 Å². The Kier molecular flexibility index (Phi) is 5.09. The van der Waals surface area contributed by atoms with Crippen LogP contribution >= 0.6 is 11.8 Å². The number of thioether (sulfide) groups is 1. The molecule has 1 atom stereocenters. The minimum Gasteiger partial charge on any atom is -0.311 e. The molecule has 0 bridgehead atoms. The molecule has 0 unspecified atom stereocenters. The van der Waals surface area contributed by atoms with E-state index in [1.54, 1.807) is 16.7 Å². The number of hydrogen-bond donors (Lipinski definition) is 0. The zero-order valence-corrected chi connectivity index (χ0v) is 19.4. The summed E-state index contributed by atoms with van der Waals surface area (Å²) < 4.78 is 0. The molecule has 32 heavy (non-hydrogen) atoms. The van der Waals surface area contributed by atoms with Crippen LogP contribution in [0.15, 0.2) is 66.7 Å². The Bertz CT molecular complexity index is 1200. The van der Waals surface area contributed by atoms with E-state index in [2.05, 4.69) is 37.3 Å². The number of nitrogens with zero attached hydrogens (tertiary/aromatic N) is 2. The molecule has 5 rings (SSSR count). The van der Waals surface area contributed by atoms with E-state index in [0.717, 1.165) is 33.7 Å². The van der Waals surface area contributed by atoms with E-state index in [0.29, 0.717) is 18.7 Å². The lowest BCUT2D eigenvalue weighted by molar-refractivity contribution is -0.123. The van der Waals surface area contributed by atoms with Gasteiger partial charge in [-0.15, -0.1) is 11.8 Å². The highest BCUT2D eigenvalue weighted by molar-refractivity contribution is 8.01. The van der Waals surface area contributed by atoms with Crippen molar-refractivity contribution in [3.63, 3.8) is 0 Å². The summed E-state index contributed by atoms with van der Waals surface area (Å²) >= 11 is 1.58. The molecule has 3 aromatic carbocycles. The first-order valence-electron chi connectivity index (χ1n) is 10.9. The number of benzene rings is 3. The quantitative estimate of drug-likeness (QED) is 0.560. The first-order chi connectivity index (χ1) is 15.4. The standard InChI is InChI=1S/C27H26N2O2S/c1-18-4-9-21(10-5-18)17-28-24-13-8-20(3)16-23(24)27(26(28)31)29(14-15-32-27)25(30)22-11-6-19(2)7-12-22/h4-13,16H,14-15,17H2,1-3H3/t27-/m1/s1. The third kappa shape index (κ3) is 3.23. The highest BCUT2D eigenvalue weighted by Crippen LogP contribution is 2.55. The van der Waals surface area contributed by atoms with Crippen molar-refractivity contribution in [2.75, 3.05) is 17.2 Å². The first-order valence-corrected chi connectivity index (χ1v) is 11.9. The minimum atomic E-state index is -1.01. The van der Waals surface area contributed by atoms with E-state index in [9.17, 15) is 9.59 Å². The lowest BCUT2D eigenvalue weighted by Gasteiger charge is -2.33. The van der Waals surface area contributed by atoms with Gasteiger partial charge in [0.25, 0.3) is 11.8 Å². The van der Waals surface area contributed by atoms with Gasteiger partial charge in [-0.25, -0.2) is 0 Å². The molecule has 0 aliphatic carbocycles. The Hall–Kier alpha value is -3.05. The van der Waals surface area contributed by atoms with Crippen molar-refractivity contribution in [3.05, 3.63) is 100 Å². The highest BCUT2D eigenvalue weighted by atomic mass is 32.2. The summed E-state index contributed by atoms with van der Waals surface area (Å²) in [5.74, 6) is 0.615. The first kappa shape index (κ1) is 20.8. The van der Waals surface area contributed by atoms with Gasteiger partial charge in [0.1, 0.15) is 0 Å². The third-order valence-electron chi connectivity index (χ3n) is 6.35. The van der Waals surface area contributed by atoms with Crippen molar-refractivity contribution in [3.8, 4) is 0 Å². The second-order valence-electron chi connectivity index (χ2n) is 8.71. The van der Waals surface area contributed by atoms with Gasteiger partial charge in [-0.2, -0.15) is 0 Å². The average Bonchev–Trinajstić information content (AvgIpc) is 3.32. The molecule has 0 saturated carbocycles. The Morgan fingerprint density at radius 2 is 1.53 bits per heavy atom. The number of carbonyl (C=O) groups excluding carboxylic acids is 2. The van der Waals surface area contributed by atoms with Crippen molar-refractivity contribution < 1.29 is 9.59 Å². The molecule has 0 N–H and O–H groups in total. The van der Waals surface area contributed by atoms with E-state index in [-0.39, 0.29) is 11.8 Å². The summed E-state index contributed by atoms with van der Waals surface area (Å²) in [6.45, 7) is 7.14. The van der Waals surface area contributed by atoms with Gasteiger partial charge >= 0.3 is 0 Å². The summed E-state index contributed by atoms with van der Waals surface area (Å²) in [5.41, 5.74) is 6.91. The average molecular weight is 443 g/mol. The van der Waals surface area contributed by atoms with Crippen LogP contribution < -0.4 is 4.90 Å². The Morgan fingerprint density at radius 3 is 2.22 bits per heavy atom. The number of carbonyl (C=O) groups is 2.